The fraction of sp³-hybridized carbons (Fsp3) is 0.222. The molecule has 0 heterocycles. The van der Waals surface area contributed by atoms with E-state index in [-0.39, 0.29) is 5.75 Å². The van der Waals surface area contributed by atoms with Gasteiger partial charge >= 0.3 is 6.18 Å². The Morgan fingerprint density at radius 1 is 0.875 bits per heavy atom. The van der Waals surface area contributed by atoms with Crippen LogP contribution in [0.4, 0.5) is 13.2 Å². The van der Waals surface area contributed by atoms with Gasteiger partial charge in [-0.1, -0.05) is 31.2 Å². The molecule has 0 aliphatic carbocycles. The molecule has 0 fully saturated rings. The maximum absolute atomic E-state index is 12.0. The SMILES string of the molecule is CCc1ccc(/C=N/N=C/c2ccc(OCC(F)(F)F)cc2)cc1. The Hall–Kier alpha value is -2.63. The number of ether oxygens (including phenoxy) is 1. The molecule has 0 saturated carbocycles. The van der Waals surface area contributed by atoms with Crippen molar-refractivity contribution in [2.24, 2.45) is 10.2 Å². The quantitative estimate of drug-likeness (QED) is 0.559. The Balaban J connectivity index is 1.88. The average molecular weight is 334 g/mol. The van der Waals surface area contributed by atoms with Crippen molar-refractivity contribution in [2.75, 3.05) is 6.61 Å². The molecule has 24 heavy (non-hydrogen) atoms. The predicted octanol–water partition coefficient (Wildman–Crippen LogP) is 4.64. The van der Waals surface area contributed by atoms with Crippen molar-refractivity contribution in [3.63, 3.8) is 0 Å². The van der Waals surface area contributed by atoms with Gasteiger partial charge in [-0.05, 0) is 47.4 Å². The van der Waals surface area contributed by atoms with Crippen LogP contribution in [0.1, 0.15) is 23.6 Å². The summed E-state index contributed by atoms with van der Waals surface area (Å²) in [6.45, 7) is 0.786. The molecule has 0 spiro atoms. The van der Waals surface area contributed by atoms with Crippen LogP contribution in [0.2, 0.25) is 0 Å². The lowest BCUT2D eigenvalue weighted by Crippen LogP contribution is -2.19. The monoisotopic (exact) mass is 334 g/mol. The minimum atomic E-state index is -4.34. The maximum Gasteiger partial charge on any atom is 0.422 e. The van der Waals surface area contributed by atoms with E-state index < -0.39 is 12.8 Å². The third-order valence-corrected chi connectivity index (χ3v) is 3.15. The first-order valence-corrected chi connectivity index (χ1v) is 7.41. The fourth-order valence-corrected chi connectivity index (χ4v) is 1.85. The Morgan fingerprint density at radius 3 is 1.83 bits per heavy atom. The van der Waals surface area contributed by atoms with Gasteiger partial charge in [0.1, 0.15) is 5.75 Å². The van der Waals surface area contributed by atoms with E-state index in [1.165, 1.54) is 23.9 Å². The Kier molecular flexibility index (Phi) is 6.12. The summed E-state index contributed by atoms with van der Waals surface area (Å²) in [5.74, 6) is 0.156. The Morgan fingerprint density at radius 2 is 1.38 bits per heavy atom. The van der Waals surface area contributed by atoms with Gasteiger partial charge in [-0.3, -0.25) is 0 Å². The van der Waals surface area contributed by atoms with Crippen LogP contribution in [0.25, 0.3) is 0 Å². The summed E-state index contributed by atoms with van der Waals surface area (Å²) in [4.78, 5) is 0. The summed E-state index contributed by atoms with van der Waals surface area (Å²) < 4.78 is 40.8. The first-order chi connectivity index (χ1) is 11.5. The van der Waals surface area contributed by atoms with Gasteiger partial charge < -0.3 is 4.74 Å². The van der Waals surface area contributed by atoms with E-state index in [0.29, 0.717) is 5.56 Å². The van der Waals surface area contributed by atoms with Crippen LogP contribution in [0.5, 0.6) is 5.75 Å². The largest absolute Gasteiger partial charge is 0.484 e. The summed E-state index contributed by atoms with van der Waals surface area (Å²) in [6, 6.07) is 14.1. The molecule has 0 atom stereocenters. The maximum atomic E-state index is 12.0. The fourth-order valence-electron chi connectivity index (χ4n) is 1.85. The average Bonchev–Trinajstić information content (AvgIpc) is 2.58. The number of nitrogens with zero attached hydrogens (tertiary/aromatic N) is 2. The molecule has 126 valence electrons. The van der Waals surface area contributed by atoms with E-state index >= 15 is 0 Å². The number of hydrogen-bond acceptors (Lipinski definition) is 3. The molecular weight excluding hydrogens is 317 g/mol. The minimum absolute atomic E-state index is 0.156. The zero-order chi connectivity index (χ0) is 17.4. The lowest BCUT2D eigenvalue weighted by atomic mass is 10.1. The predicted molar refractivity (Wildman–Crippen MR) is 89.0 cm³/mol. The first-order valence-electron chi connectivity index (χ1n) is 7.41. The molecule has 0 amide bonds. The van der Waals surface area contributed by atoms with Crippen molar-refractivity contribution in [3.05, 3.63) is 65.2 Å². The number of alkyl halides is 3. The lowest BCUT2D eigenvalue weighted by Gasteiger charge is -2.08. The van der Waals surface area contributed by atoms with Crippen molar-refractivity contribution < 1.29 is 17.9 Å². The van der Waals surface area contributed by atoms with E-state index in [9.17, 15) is 13.2 Å². The van der Waals surface area contributed by atoms with E-state index in [1.54, 1.807) is 18.3 Å². The minimum Gasteiger partial charge on any atom is -0.484 e. The molecule has 2 aromatic rings. The zero-order valence-electron chi connectivity index (χ0n) is 13.1. The number of hydrogen-bond donors (Lipinski definition) is 0. The summed E-state index contributed by atoms with van der Waals surface area (Å²) in [5, 5.41) is 7.87. The van der Waals surface area contributed by atoms with E-state index in [4.69, 9.17) is 0 Å². The topological polar surface area (TPSA) is 34.0 Å². The second kappa shape index (κ2) is 8.29. The molecule has 0 saturated heterocycles. The molecule has 0 radical (unpaired) electrons. The van der Waals surface area contributed by atoms with Crippen molar-refractivity contribution in [1.29, 1.82) is 0 Å². The van der Waals surface area contributed by atoms with Crippen LogP contribution in [-0.4, -0.2) is 25.2 Å². The van der Waals surface area contributed by atoms with E-state index in [0.717, 1.165) is 12.0 Å². The summed E-state index contributed by atoms with van der Waals surface area (Å²) in [7, 11) is 0. The van der Waals surface area contributed by atoms with Crippen LogP contribution >= 0.6 is 0 Å². The van der Waals surface area contributed by atoms with E-state index in [1.807, 2.05) is 24.3 Å². The van der Waals surface area contributed by atoms with E-state index in [2.05, 4.69) is 21.9 Å². The van der Waals surface area contributed by atoms with Gasteiger partial charge in [-0.15, -0.1) is 0 Å². The molecule has 0 aliphatic rings. The smallest absolute Gasteiger partial charge is 0.422 e. The van der Waals surface area contributed by atoms with Crippen molar-refractivity contribution in [1.82, 2.24) is 0 Å². The van der Waals surface area contributed by atoms with Gasteiger partial charge in [-0.2, -0.15) is 23.4 Å². The van der Waals surface area contributed by atoms with Crippen LogP contribution in [0.15, 0.2) is 58.7 Å². The van der Waals surface area contributed by atoms with Gasteiger partial charge in [0.25, 0.3) is 0 Å². The highest BCUT2D eigenvalue weighted by Gasteiger charge is 2.28. The van der Waals surface area contributed by atoms with Crippen LogP contribution in [-0.2, 0) is 6.42 Å². The van der Waals surface area contributed by atoms with Crippen molar-refractivity contribution in [2.45, 2.75) is 19.5 Å². The van der Waals surface area contributed by atoms with Crippen molar-refractivity contribution in [3.8, 4) is 5.75 Å². The molecule has 0 bridgehead atoms. The highest BCUT2D eigenvalue weighted by Crippen LogP contribution is 2.18. The molecule has 0 N–H and O–H groups in total. The van der Waals surface area contributed by atoms with Gasteiger partial charge in [0.05, 0.1) is 12.4 Å². The molecule has 2 rings (SSSR count). The number of halogens is 3. The molecular formula is C18H17F3N2O. The standard InChI is InChI=1S/C18H17F3N2O/c1-2-14-3-5-15(6-4-14)11-22-23-12-16-7-9-17(10-8-16)24-13-18(19,20)21/h3-12H,2,13H2,1H3/b22-11+,23-12+. The van der Waals surface area contributed by atoms with Crippen LogP contribution in [0, 0.1) is 0 Å². The first kappa shape index (κ1) is 17.7. The summed E-state index contributed by atoms with van der Waals surface area (Å²) >= 11 is 0. The second-order valence-corrected chi connectivity index (χ2v) is 5.06. The van der Waals surface area contributed by atoms with Gasteiger partial charge in [0.15, 0.2) is 6.61 Å². The number of aryl methyl sites for hydroxylation is 1. The van der Waals surface area contributed by atoms with Gasteiger partial charge in [-0.25, -0.2) is 0 Å². The third-order valence-electron chi connectivity index (χ3n) is 3.15. The van der Waals surface area contributed by atoms with Crippen molar-refractivity contribution >= 4 is 12.4 Å². The Bertz CT molecular complexity index is 690. The highest BCUT2D eigenvalue weighted by molar-refractivity contribution is 5.82. The summed E-state index contributed by atoms with van der Waals surface area (Å²) in [6.07, 6.45) is -0.205. The van der Waals surface area contributed by atoms with Gasteiger partial charge in [0, 0.05) is 0 Å². The lowest BCUT2D eigenvalue weighted by molar-refractivity contribution is -0.153. The third kappa shape index (κ3) is 6.24. The second-order valence-electron chi connectivity index (χ2n) is 5.06. The molecule has 6 heteroatoms. The zero-order valence-corrected chi connectivity index (χ0v) is 13.1. The van der Waals surface area contributed by atoms with Crippen LogP contribution in [0.3, 0.4) is 0 Å². The number of benzene rings is 2. The van der Waals surface area contributed by atoms with Gasteiger partial charge in [0.2, 0.25) is 0 Å². The van der Waals surface area contributed by atoms with Crippen LogP contribution < -0.4 is 4.74 Å². The molecule has 0 unspecified atom stereocenters. The normalized spacial score (nSPS) is 12.2. The molecule has 3 nitrogen and oxygen atoms in total. The molecule has 0 aliphatic heterocycles. The highest BCUT2D eigenvalue weighted by atomic mass is 19.4. The number of rotatable bonds is 6. The summed E-state index contributed by atoms with van der Waals surface area (Å²) in [5.41, 5.74) is 2.91. The Labute approximate surface area is 138 Å². The molecule has 0 aromatic heterocycles. The molecule has 2 aromatic carbocycles.